The molecule has 4 aliphatic rings. The Morgan fingerprint density at radius 2 is 2.04 bits per heavy atom. The van der Waals surface area contributed by atoms with E-state index in [-0.39, 0.29) is 11.6 Å². The minimum absolute atomic E-state index is 0.00205. The molecule has 2 unspecified atom stereocenters. The fourth-order valence-electron chi connectivity index (χ4n) is 4.60. The molecule has 0 aromatic carbocycles. The van der Waals surface area contributed by atoms with E-state index in [1.165, 1.54) is 44.9 Å². The fourth-order valence-corrected chi connectivity index (χ4v) is 4.60. The smallest absolute Gasteiger partial charge is 0.312 e. The summed E-state index contributed by atoms with van der Waals surface area (Å²) in [7, 11) is 0. The molecule has 2 saturated carbocycles. The number of nitrogens with zero attached hydrogens (tertiary/aromatic N) is 3. The number of piperidine rings is 1. The van der Waals surface area contributed by atoms with Crippen molar-refractivity contribution in [1.82, 2.24) is 15.3 Å². The van der Waals surface area contributed by atoms with Crippen LogP contribution in [0.4, 0.5) is 4.79 Å². The maximum Gasteiger partial charge on any atom is 0.344 e. The second kappa shape index (κ2) is 6.17. The molecule has 2 heterocycles. The number of carbonyl (C=O) groups is 1. The first-order valence-electron chi connectivity index (χ1n) is 9.56. The number of aliphatic imine (C=N–C) groups is 1. The van der Waals surface area contributed by atoms with Crippen molar-refractivity contribution < 1.29 is 4.79 Å². The van der Waals surface area contributed by atoms with Gasteiger partial charge in [0.2, 0.25) is 0 Å². The van der Waals surface area contributed by atoms with Gasteiger partial charge in [-0.3, -0.25) is 5.43 Å². The Bertz CT molecular complexity index is 483. The Labute approximate surface area is 139 Å². The van der Waals surface area contributed by atoms with Gasteiger partial charge in [0.15, 0.2) is 0 Å². The molecule has 0 bridgehead atoms. The molecule has 1 N–H and O–H groups in total. The Morgan fingerprint density at radius 1 is 1.26 bits per heavy atom. The Kier molecular flexibility index (Phi) is 4.18. The SMILES string of the molecule is CC1CC2(C=NC(=O)N2CC2CC2)CCN1NC1CCCCC1. The molecule has 1 saturated heterocycles. The zero-order chi connectivity index (χ0) is 15.9. The van der Waals surface area contributed by atoms with Gasteiger partial charge in [0, 0.05) is 31.4 Å². The first kappa shape index (κ1) is 15.6. The van der Waals surface area contributed by atoms with Gasteiger partial charge in [0.1, 0.15) is 0 Å². The van der Waals surface area contributed by atoms with Crippen molar-refractivity contribution in [3.63, 3.8) is 0 Å². The zero-order valence-corrected chi connectivity index (χ0v) is 14.3. The zero-order valence-electron chi connectivity index (χ0n) is 14.3. The molecular weight excluding hydrogens is 288 g/mol. The number of hydrogen-bond acceptors (Lipinski definition) is 3. The lowest BCUT2D eigenvalue weighted by atomic mass is 9.84. The van der Waals surface area contributed by atoms with Gasteiger partial charge in [-0.1, -0.05) is 19.3 Å². The molecular formula is C18H30N4O. The molecule has 2 aliphatic heterocycles. The lowest BCUT2D eigenvalue weighted by Crippen LogP contribution is -2.62. The molecule has 0 aromatic heterocycles. The molecule has 5 heteroatoms. The summed E-state index contributed by atoms with van der Waals surface area (Å²) in [6, 6.07) is 1.10. The van der Waals surface area contributed by atoms with Crippen LogP contribution < -0.4 is 5.43 Å². The quantitative estimate of drug-likeness (QED) is 0.867. The van der Waals surface area contributed by atoms with Gasteiger partial charge in [0.05, 0.1) is 5.54 Å². The molecule has 5 nitrogen and oxygen atoms in total. The minimum atomic E-state index is -0.107. The van der Waals surface area contributed by atoms with E-state index in [0.29, 0.717) is 12.1 Å². The molecule has 0 radical (unpaired) electrons. The van der Waals surface area contributed by atoms with E-state index >= 15 is 0 Å². The van der Waals surface area contributed by atoms with Crippen molar-refractivity contribution >= 4 is 12.2 Å². The van der Waals surface area contributed by atoms with E-state index in [1.807, 2.05) is 6.21 Å². The highest BCUT2D eigenvalue weighted by Crippen LogP contribution is 2.39. The summed E-state index contributed by atoms with van der Waals surface area (Å²) in [5.74, 6) is 0.728. The lowest BCUT2D eigenvalue weighted by Gasteiger charge is -2.47. The van der Waals surface area contributed by atoms with Crippen LogP contribution in [0.1, 0.15) is 64.7 Å². The van der Waals surface area contributed by atoms with Gasteiger partial charge in [-0.25, -0.2) is 14.8 Å². The lowest BCUT2D eigenvalue weighted by molar-refractivity contribution is 0.0168. The predicted octanol–water partition coefficient (Wildman–Crippen LogP) is 2.96. The van der Waals surface area contributed by atoms with Crippen LogP contribution in [0.15, 0.2) is 4.99 Å². The number of rotatable bonds is 4. The fraction of sp³-hybridized carbons (Fsp3) is 0.889. The molecule has 4 rings (SSSR count). The van der Waals surface area contributed by atoms with Crippen LogP contribution in [-0.4, -0.2) is 52.9 Å². The van der Waals surface area contributed by atoms with E-state index < -0.39 is 0 Å². The molecule has 128 valence electrons. The molecule has 2 aliphatic carbocycles. The molecule has 23 heavy (non-hydrogen) atoms. The minimum Gasteiger partial charge on any atom is -0.312 e. The number of hydrazine groups is 1. The average Bonchev–Trinajstić information content (AvgIpc) is 3.33. The van der Waals surface area contributed by atoms with Crippen molar-refractivity contribution in [1.29, 1.82) is 0 Å². The van der Waals surface area contributed by atoms with Gasteiger partial charge in [-0.2, -0.15) is 0 Å². The van der Waals surface area contributed by atoms with E-state index in [9.17, 15) is 4.79 Å². The second-order valence-electron chi connectivity index (χ2n) is 8.16. The number of urea groups is 1. The highest BCUT2D eigenvalue weighted by molar-refractivity contribution is 5.95. The summed E-state index contributed by atoms with van der Waals surface area (Å²) in [6.07, 6.45) is 13.3. The number of hydrogen-bond donors (Lipinski definition) is 1. The van der Waals surface area contributed by atoms with Gasteiger partial charge in [0.25, 0.3) is 0 Å². The average molecular weight is 318 g/mol. The standard InChI is InChI=1S/C18H30N4O/c1-14-11-18(13-19-17(23)21(18)12-15-7-8-15)9-10-22(14)20-16-5-3-2-4-6-16/h13-16,20H,2-12H2,1H3. The van der Waals surface area contributed by atoms with E-state index in [0.717, 1.165) is 31.8 Å². The number of nitrogens with one attached hydrogen (secondary N) is 1. The third-order valence-corrected chi connectivity index (χ3v) is 6.24. The largest absolute Gasteiger partial charge is 0.344 e. The van der Waals surface area contributed by atoms with Crippen LogP contribution in [0, 0.1) is 5.92 Å². The second-order valence-corrected chi connectivity index (χ2v) is 8.16. The van der Waals surface area contributed by atoms with Crippen molar-refractivity contribution in [2.75, 3.05) is 13.1 Å². The van der Waals surface area contributed by atoms with E-state index in [2.05, 4.69) is 27.3 Å². The van der Waals surface area contributed by atoms with Crippen LogP contribution in [-0.2, 0) is 0 Å². The Morgan fingerprint density at radius 3 is 2.74 bits per heavy atom. The summed E-state index contributed by atoms with van der Waals surface area (Å²) in [4.78, 5) is 18.5. The van der Waals surface area contributed by atoms with Crippen LogP contribution in [0.25, 0.3) is 0 Å². The van der Waals surface area contributed by atoms with Crippen molar-refractivity contribution in [2.24, 2.45) is 10.9 Å². The van der Waals surface area contributed by atoms with Crippen LogP contribution >= 0.6 is 0 Å². The predicted molar refractivity (Wildman–Crippen MR) is 91.5 cm³/mol. The summed E-state index contributed by atoms with van der Waals surface area (Å²) in [5, 5.41) is 2.44. The van der Waals surface area contributed by atoms with Crippen LogP contribution in [0.5, 0.6) is 0 Å². The first-order valence-corrected chi connectivity index (χ1v) is 9.56. The van der Waals surface area contributed by atoms with Crippen molar-refractivity contribution in [2.45, 2.75) is 82.3 Å². The van der Waals surface area contributed by atoms with Crippen LogP contribution in [0.2, 0.25) is 0 Å². The number of amides is 2. The van der Waals surface area contributed by atoms with Gasteiger partial charge >= 0.3 is 6.03 Å². The van der Waals surface area contributed by atoms with Crippen LogP contribution in [0.3, 0.4) is 0 Å². The monoisotopic (exact) mass is 318 g/mol. The van der Waals surface area contributed by atoms with Crippen molar-refractivity contribution in [3.05, 3.63) is 0 Å². The normalized spacial score (nSPS) is 36.3. The summed E-state index contributed by atoms with van der Waals surface area (Å²) in [6.45, 7) is 4.22. The summed E-state index contributed by atoms with van der Waals surface area (Å²) in [5.41, 5.74) is 3.67. The molecule has 3 fully saturated rings. The Balaban J connectivity index is 1.39. The third-order valence-electron chi connectivity index (χ3n) is 6.24. The maximum atomic E-state index is 12.2. The first-order chi connectivity index (χ1) is 11.2. The maximum absolute atomic E-state index is 12.2. The third kappa shape index (κ3) is 3.18. The van der Waals surface area contributed by atoms with Gasteiger partial charge in [-0.15, -0.1) is 0 Å². The van der Waals surface area contributed by atoms with E-state index in [1.54, 1.807) is 0 Å². The molecule has 2 atom stereocenters. The van der Waals surface area contributed by atoms with Crippen molar-refractivity contribution in [3.8, 4) is 0 Å². The Hall–Kier alpha value is -0.940. The summed E-state index contributed by atoms with van der Waals surface area (Å²) < 4.78 is 0. The topological polar surface area (TPSA) is 47.9 Å². The molecule has 1 spiro atoms. The number of carbonyl (C=O) groups excluding carboxylic acids is 1. The van der Waals surface area contributed by atoms with Gasteiger partial charge < -0.3 is 4.90 Å². The van der Waals surface area contributed by atoms with Gasteiger partial charge in [-0.05, 0) is 51.4 Å². The molecule has 2 amide bonds. The highest BCUT2D eigenvalue weighted by Gasteiger charge is 2.48. The highest BCUT2D eigenvalue weighted by atomic mass is 16.2. The summed E-state index contributed by atoms with van der Waals surface area (Å²) >= 11 is 0. The molecule has 0 aromatic rings. The van der Waals surface area contributed by atoms with E-state index in [4.69, 9.17) is 0 Å².